The summed E-state index contributed by atoms with van der Waals surface area (Å²) in [6.07, 6.45) is 3.70. The van der Waals surface area contributed by atoms with Crippen LogP contribution in [0.1, 0.15) is 27.0 Å². The number of thioether (sulfide) groups is 1. The van der Waals surface area contributed by atoms with Crippen LogP contribution in [0.2, 0.25) is 0 Å². The monoisotopic (exact) mass is 453 g/mol. The number of nitrogens with zero attached hydrogens (tertiary/aromatic N) is 3. The summed E-state index contributed by atoms with van der Waals surface area (Å²) in [5.74, 6) is 0.573. The third-order valence-corrected chi connectivity index (χ3v) is 6.37. The standard InChI is InChI=1S/C26H23N5OS/c32-25(27-16-19-8-1-2-9-20(19)17-31-15-7-14-28-31)22-11-4-3-10-21(22)18-33-26-29-23-12-5-6-13-24(23)30-26/h1-15H,16-18H2,(H,27,32)(H,29,30). The van der Waals surface area contributed by atoms with Crippen LogP contribution in [0.3, 0.4) is 0 Å². The van der Waals surface area contributed by atoms with E-state index >= 15 is 0 Å². The number of hydrogen-bond acceptors (Lipinski definition) is 4. The molecule has 33 heavy (non-hydrogen) atoms. The maximum absolute atomic E-state index is 13.1. The summed E-state index contributed by atoms with van der Waals surface area (Å²) in [4.78, 5) is 21.0. The van der Waals surface area contributed by atoms with Gasteiger partial charge in [0.1, 0.15) is 0 Å². The molecule has 6 nitrogen and oxygen atoms in total. The molecule has 7 heteroatoms. The van der Waals surface area contributed by atoms with E-state index in [1.54, 1.807) is 18.0 Å². The van der Waals surface area contributed by atoms with E-state index in [0.29, 0.717) is 24.4 Å². The van der Waals surface area contributed by atoms with Crippen LogP contribution in [0, 0.1) is 0 Å². The van der Waals surface area contributed by atoms with Crippen molar-refractivity contribution in [2.75, 3.05) is 0 Å². The number of hydrogen-bond donors (Lipinski definition) is 2. The van der Waals surface area contributed by atoms with Gasteiger partial charge in [-0.25, -0.2) is 4.98 Å². The fourth-order valence-electron chi connectivity index (χ4n) is 3.73. The Morgan fingerprint density at radius 3 is 2.48 bits per heavy atom. The van der Waals surface area contributed by atoms with Crippen molar-refractivity contribution >= 4 is 28.7 Å². The Morgan fingerprint density at radius 2 is 1.67 bits per heavy atom. The van der Waals surface area contributed by atoms with Crippen LogP contribution < -0.4 is 5.32 Å². The number of imidazole rings is 1. The minimum Gasteiger partial charge on any atom is -0.348 e. The van der Waals surface area contributed by atoms with E-state index in [9.17, 15) is 4.79 Å². The molecule has 1 amide bonds. The highest BCUT2D eigenvalue weighted by atomic mass is 32.2. The van der Waals surface area contributed by atoms with Crippen molar-refractivity contribution in [3.8, 4) is 0 Å². The Labute approximate surface area is 196 Å². The van der Waals surface area contributed by atoms with Gasteiger partial charge in [-0.05, 0) is 41.0 Å². The fourth-order valence-corrected chi connectivity index (χ4v) is 4.62. The zero-order chi connectivity index (χ0) is 22.5. The van der Waals surface area contributed by atoms with Crippen molar-refractivity contribution in [1.82, 2.24) is 25.1 Å². The van der Waals surface area contributed by atoms with Crippen molar-refractivity contribution in [2.24, 2.45) is 0 Å². The first kappa shape index (κ1) is 21.0. The molecule has 5 rings (SSSR count). The number of fused-ring (bicyclic) bond motifs is 1. The van der Waals surface area contributed by atoms with E-state index in [1.165, 1.54) is 0 Å². The van der Waals surface area contributed by atoms with E-state index < -0.39 is 0 Å². The first-order valence-electron chi connectivity index (χ1n) is 10.7. The molecule has 0 radical (unpaired) electrons. The minimum atomic E-state index is -0.0790. The third-order valence-electron chi connectivity index (χ3n) is 5.44. The van der Waals surface area contributed by atoms with Crippen LogP contribution in [-0.4, -0.2) is 25.7 Å². The summed E-state index contributed by atoms with van der Waals surface area (Å²) < 4.78 is 1.88. The lowest BCUT2D eigenvalue weighted by Gasteiger charge is -2.13. The molecule has 0 saturated heterocycles. The van der Waals surface area contributed by atoms with E-state index in [1.807, 2.05) is 83.7 Å². The van der Waals surface area contributed by atoms with Crippen molar-refractivity contribution < 1.29 is 4.79 Å². The van der Waals surface area contributed by atoms with Crippen LogP contribution in [0.25, 0.3) is 11.0 Å². The Bertz CT molecular complexity index is 1340. The van der Waals surface area contributed by atoms with Gasteiger partial charge in [-0.15, -0.1) is 0 Å². The number of amides is 1. The molecule has 3 aromatic carbocycles. The van der Waals surface area contributed by atoms with Gasteiger partial charge in [0.25, 0.3) is 5.91 Å². The molecule has 0 aliphatic rings. The van der Waals surface area contributed by atoms with Gasteiger partial charge in [-0.1, -0.05) is 66.4 Å². The maximum Gasteiger partial charge on any atom is 0.251 e. The second kappa shape index (κ2) is 9.75. The molecular formula is C26H23N5OS. The largest absolute Gasteiger partial charge is 0.348 e. The maximum atomic E-state index is 13.1. The summed E-state index contributed by atoms with van der Waals surface area (Å²) in [6.45, 7) is 1.13. The van der Waals surface area contributed by atoms with Gasteiger partial charge in [0, 0.05) is 30.3 Å². The molecule has 0 fully saturated rings. The highest BCUT2D eigenvalue weighted by molar-refractivity contribution is 7.98. The van der Waals surface area contributed by atoms with Gasteiger partial charge in [-0.2, -0.15) is 5.10 Å². The summed E-state index contributed by atoms with van der Waals surface area (Å²) in [6, 6.07) is 25.7. The number of para-hydroxylation sites is 2. The molecule has 0 saturated carbocycles. The smallest absolute Gasteiger partial charge is 0.251 e. The predicted molar refractivity (Wildman–Crippen MR) is 131 cm³/mol. The van der Waals surface area contributed by atoms with Gasteiger partial charge < -0.3 is 10.3 Å². The van der Waals surface area contributed by atoms with E-state index in [2.05, 4.69) is 26.4 Å². The minimum absolute atomic E-state index is 0.0790. The van der Waals surface area contributed by atoms with Crippen molar-refractivity contribution in [3.05, 3.63) is 114 Å². The average Bonchev–Trinajstić information content (AvgIpc) is 3.51. The normalized spacial score (nSPS) is 11.0. The number of carbonyl (C=O) groups excluding carboxylic acids is 1. The van der Waals surface area contributed by atoms with Crippen LogP contribution in [0.4, 0.5) is 0 Å². The molecule has 0 aliphatic carbocycles. The third kappa shape index (κ3) is 4.99. The van der Waals surface area contributed by atoms with Crippen molar-refractivity contribution in [2.45, 2.75) is 24.0 Å². The number of rotatable bonds is 8. The van der Waals surface area contributed by atoms with Crippen LogP contribution in [0.15, 0.2) is 96.4 Å². The lowest BCUT2D eigenvalue weighted by Crippen LogP contribution is -2.24. The first-order valence-corrected chi connectivity index (χ1v) is 11.7. The molecule has 0 atom stereocenters. The lowest BCUT2D eigenvalue weighted by atomic mass is 10.1. The number of benzene rings is 3. The second-order valence-electron chi connectivity index (χ2n) is 7.66. The first-order chi connectivity index (χ1) is 16.3. The summed E-state index contributed by atoms with van der Waals surface area (Å²) in [5.41, 5.74) is 5.83. The van der Waals surface area contributed by atoms with Gasteiger partial charge in [0.05, 0.1) is 17.6 Å². The summed E-state index contributed by atoms with van der Waals surface area (Å²) >= 11 is 1.59. The molecule has 0 unspecified atom stereocenters. The zero-order valence-corrected chi connectivity index (χ0v) is 18.8. The zero-order valence-electron chi connectivity index (χ0n) is 17.9. The topological polar surface area (TPSA) is 75.6 Å². The summed E-state index contributed by atoms with van der Waals surface area (Å²) in [7, 11) is 0. The van der Waals surface area contributed by atoms with Crippen LogP contribution >= 0.6 is 11.8 Å². The van der Waals surface area contributed by atoms with Crippen LogP contribution in [0.5, 0.6) is 0 Å². The molecule has 2 heterocycles. The molecule has 2 N–H and O–H groups in total. The number of aromatic amines is 1. The number of aromatic nitrogens is 4. The van der Waals surface area contributed by atoms with Crippen LogP contribution in [-0.2, 0) is 18.8 Å². The van der Waals surface area contributed by atoms with Gasteiger partial charge in [-0.3, -0.25) is 9.48 Å². The average molecular weight is 454 g/mol. The summed E-state index contributed by atoms with van der Waals surface area (Å²) in [5, 5.41) is 8.23. The molecule has 0 aliphatic heterocycles. The molecule has 164 valence electrons. The fraction of sp³-hybridized carbons (Fsp3) is 0.115. The van der Waals surface area contributed by atoms with Gasteiger partial charge in [0.15, 0.2) is 5.16 Å². The molecular weight excluding hydrogens is 430 g/mol. The highest BCUT2D eigenvalue weighted by Crippen LogP contribution is 2.24. The quantitative estimate of drug-likeness (QED) is 0.323. The van der Waals surface area contributed by atoms with Gasteiger partial charge >= 0.3 is 0 Å². The molecule has 2 aromatic heterocycles. The van der Waals surface area contributed by atoms with E-state index in [4.69, 9.17) is 0 Å². The van der Waals surface area contributed by atoms with Gasteiger partial charge in [0.2, 0.25) is 0 Å². The van der Waals surface area contributed by atoms with E-state index in [-0.39, 0.29) is 5.91 Å². The second-order valence-corrected chi connectivity index (χ2v) is 8.62. The molecule has 0 bridgehead atoms. The Hall–Kier alpha value is -3.84. The number of carbonyl (C=O) groups is 1. The molecule has 5 aromatic rings. The predicted octanol–water partition coefficient (Wildman–Crippen LogP) is 5.03. The Morgan fingerprint density at radius 1 is 0.909 bits per heavy atom. The Balaban J connectivity index is 1.26. The number of nitrogens with one attached hydrogen (secondary N) is 2. The van der Waals surface area contributed by atoms with Crippen molar-refractivity contribution in [1.29, 1.82) is 0 Å². The number of H-pyrrole nitrogens is 1. The Kier molecular flexibility index (Phi) is 6.21. The lowest BCUT2D eigenvalue weighted by molar-refractivity contribution is 0.0950. The SMILES string of the molecule is O=C(NCc1ccccc1Cn1cccn1)c1ccccc1CSc1nc2ccccc2[nH]1. The highest BCUT2D eigenvalue weighted by Gasteiger charge is 2.13. The van der Waals surface area contributed by atoms with Crippen molar-refractivity contribution in [3.63, 3.8) is 0 Å². The molecule has 0 spiro atoms. The van der Waals surface area contributed by atoms with E-state index in [0.717, 1.165) is 32.9 Å².